The topological polar surface area (TPSA) is 72.5 Å². The Kier molecular flexibility index (Phi) is 4.67. The smallest absolute Gasteiger partial charge is 0.194 e. The molecule has 1 aliphatic rings. The minimum absolute atomic E-state index is 0.00582. The summed E-state index contributed by atoms with van der Waals surface area (Å²) >= 11 is 0. The molecule has 0 radical (unpaired) electrons. The molecule has 3 rings (SSSR count). The molecule has 0 aliphatic carbocycles. The standard InChI is InChI=1S/C19H21NO4S/c1-12-4-7-18(13(2)8-12)25(22,23)19-10-14-9-15(24-3)5-6-16(14)17(21)11-20-19/h4-9,19-20H,10-11H2,1-3H3. The molecule has 1 heterocycles. The van der Waals surface area contributed by atoms with Crippen LogP contribution in [-0.2, 0) is 16.3 Å². The Morgan fingerprint density at radius 2 is 1.88 bits per heavy atom. The lowest BCUT2D eigenvalue weighted by atomic mass is 10.0. The van der Waals surface area contributed by atoms with E-state index in [4.69, 9.17) is 4.74 Å². The van der Waals surface area contributed by atoms with Gasteiger partial charge in [-0.25, -0.2) is 8.42 Å². The van der Waals surface area contributed by atoms with Crippen molar-refractivity contribution in [3.05, 3.63) is 58.7 Å². The largest absolute Gasteiger partial charge is 0.497 e. The monoisotopic (exact) mass is 359 g/mol. The predicted octanol–water partition coefficient (Wildman–Crippen LogP) is 2.44. The zero-order chi connectivity index (χ0) is 18.2. The molecule has 0 aromatic heterocycles. The van der Waals surface area contributed by atoms with Crippen molar-refractivity contribution in [1.29, 1.82) is 0 Å². The maximum Gasteiger partial charge on any atom is 0.194 e. The highest BCUT2D eigenvalue weighted by molar-refractivity contribution is 7.92. The van der Waals surface area contributed by atoms with Gasteiger partial charge < -0.3 is 4.74 Å². The first kappa shape index (κ1) is 17.6. The Labute approximate surface area is 147 Å². The third kappa shape index (κ3) is 3.32. The van der Waals surface area contributed by atoms with Crippen LogP contribution in [0.15, 0.2) is 41.3 Å². The predicted molar refractivity (Wildman–Crippen MR) is 95.9 cm³/mol. The minimum atomic E-state index is -3.62. The molecule has 132 valence electrons. The maximum atomic E-state index is 13.1. The Morgan fingerprint density at radius 1 is 1.12 bits per heavy atom. The molecule has 25 heavy (non-hydrogen) atoms. The summed E-state index contributed by atoms with van der Waals surface area (Å²) in [6.45, 7) is 3.71. The van der Waals surface area contributed by atoms with Crippen molar-refractivity contribution in [2.45, 2.75) is 30.5 Å². The Bertz CT molecular complexity index is 934. The van der Waals surface area contributed by atoms with Gasteiger partial charge in [0.25, 0.3) is 0 Å². The second kappa shape index (κ2) is 6.61. The van der Waals surface area contributed by atoms with Gasteiger partial charge in [0, 0.05) is 12.0 Å². The Morgan fingerprint density at radius 3 is 2.56 bits per heavy atom. The van der Waals surface area contributed by atoms with Crippen molar-refractivity contribution in [3.63, 3.8) is 0 Å². The van der Waals surface area contributed by atoms with Crippen LogP contribution in [-0.4, -0.2) is 33.2 Å². The van der Waals surface area contributed by atoms with Crippen molar-refractivity contribution >= 4 is 15.6 Å². The number of hydrogen-bond acceptors (Lipinski definition) is 5. The first-order valence-electron chi connectivity index (χ1n) is 8.07. The SMILES string of the molecule is COc1ccc2c(c1)CC(S(=O)(=O)c1ccc(C)cc1C)NCC2=O. The highest BCUT2D eigenvalue weighted by atomic mass is 32.2. The van der Waals surface area contributed by atoms with Gasteiger partial charge in [-0.2, -0.15) is 0 Å². The summed E-state index contributed by atoms with van der Waals surface area (Å²) in [5.41, 5.74) is 2.96. The number of sulfone groups is 1. The van der Waals surface area contributed by atoms with E-state index in [-0.39, 0.29) is 18.7 Å². The number of aryl methyl sites for hydroxylation is 2. The van der Waals surface area contributed by atoms with E-state index in [1.807, 2.05) is 13.0 Å². The molecule has 1 aliphatic heterocycles. The third-order valence-corrected chi connectivity index (χ3v) is 6.67. The molecule has 0 saturated heterocycles. The summed E-state index contributed by atoms with van der Waals surface area (Å²) in [5, 5.41) is 2.06. The Balaban J connectivity index is 2.03. The number of ether oxygens (including phenoxy) is 1. The fourth-order valence-corrected chi connectivity index (χ4v) is 4.98. The lowest BCUT2D eigenvalue weighted by Gasteiger charge is -2.18. The summed E-state index contributed by atoms with van der Waals surface area (Å²) in [6, 6.07) is 10.4. The third-order valence-electron chi connectivity index (χ3n) is 4.52. The van der Waals surface area contributed by atoms with E-state index in [9.17, 15) is 13.2 Å². The maximum absolute atomic E-state index is 13.1. The van der Waals surface area contributed by atoms with Gasteiger partial charge in [0.05, 0.1) is 18.6 Å². The van der Waals surface area contributed by atoms with E-state index >= 15 is 0 Å². The number of rotatable bonds is 3. The molecule has 0 fully saturated rings. The summed E-state index contributed by atoms with van der Waals surface area (Å²) in [4.78, 5) is 12.6. The number of methoxy groups -OCH3 is 1. The summed E-state index contributed by atoms with van der Waals surface area (Å²) < 4.78 is 31.5. The first-order chi connectivity index (χ1) is 11.8. The molecule has 0 bridgehead atoms. The van der Waals surface area contributed by atoms with Gasteiger partial charge >= 0.3 is 0 Å². The highest BCUT2D eigenvalue weighted by Crippen LogP contribution is 2.27. The van der Waals surface area contributed by atoms with Gasteiger partial charge in [-0.05, 0) is 49.2 Å². The number of carbonyl (C=O) groups is 1. The van der Waals surface area contributed by atoms with Gasteiger partial charge in [-0.3, -0.25) is 10.1 Å². The molecular formula is C19H21NO4S. The number of Topliss-reactive ketones (excluding diaryl/α,β-unsaturated/α-hetero) is 1. The molecule has 0 saturated carbocycles. The van der Waals surface area contributed by atoms with Crippen LogP contribution in [0.25, 0.3) is 0 Å². The average molecular weight is 359 g/mol. The van der Waals surface area contributed by atoms with Crippen LogP contribution >= 0.6 is 0 Å². The number of fused-ring (bicyclic) bond motifs is 1. The fraction of sp³-hybridized carbons (Fsp3) is 0.316. The quantitative estimate of drug-likeness (QED) is 0.911. The Hall–Kier alpha value is -2.18. The number of ketones is 1. The second-order valence-corrected chi connectivity index (χ2v) is 8.43. The fourth-order valence-electron chi connectivity index (χ4n) is 3.20. The molecular weight excluding hydrogens is 338 g/mol. The zero-order valence-corrected chi connectivity index (χ0v) is 15.3. The van der Waals surface area contributed by atoms with E-state index in [1.54, 1.807) is 44.4 Å². The van der Waals surface area contributed by atoms with E-state index in [0.29, 0.717) is 27.3 Å². The molecule has 1 N–H and O–H groups in total. The van der Waals surface area contributed by atoms with Crippen molar-refractivity contribution in [2.75, 3.05) is 13.7 Å². The van der Waals surface area contributed by atoms with Crippen LogP contribution in [0.4, 0.5) is 0 Å². The van der Waals surface area contributed by atoms with Gasteiger partial charge in [-0.1, -0.05) is 17.7 Å². The normalized spacial score (nSPS) is 17.7. The summed E-state index contributed by atoms with van der Waals surface area (Å²) in [5.74, 6) is 0.493. The number of benzene rings is 2. The number of carbonyl (C=O) groups excluding carboxylic acids is 1. The molecule has 5 nitrogen and oxygen atoms in total. The minimum Gasteiger partial charge on any atom is -0.497 e. The van der Waals surface area contributed by atoms with Crippen LogP contribution < -0.4 is 10.1 Å². The number of nitrogens with one attached hydrogen (secondary N) is 1. The van der Waals surface area contributed by atoms with E-state index < -0.39 is 15.2 Å². The van der Waals surface area contributed by atoms with E-state index in [1.165, 1.54) is 0 Å². The van der Waals surface area contributed by atoms with Crippen LogP contribution in [0.2, 0.25) is 0 Å². The van der Waals surface area contributed by atoms with Gasteiger partial charge in [0.1, 0.15) is 11.1 Å². The van der Waals surface area contributed by atoms with Crippen molar-refractivity contribution < 1.29 is 17.9 Å². The molecule has 1 unspecified atom stereocenters. The van der Waals surface area contributed by atoms with Crippen LogP contribution in [0, 0.1) is 13.8 Å². The van der Waals surface area contributed by atoms with E-state index in [0.717, 1.165) is 5.56 Å². The molecule has 6 heteroatoms. The van der Waals surface area contributed by atoms with Gasteiger partial charge in [0.15, 0.2) is 15.6 Å². The molecule has 2 aromatic carbocycles. The molecule has 0 amide bonds. The number of hydrogen-bond donors (Lipinski definition) is 1. The molecule has 2 aromatic rings. The second-order valence-electron chi connectivity index (χ2n) is 6.33. The lowest BCUT2D eigenvalue weighted by Crippen LogP contribution is -2.39. The van der Waals surface area contributed by atoms with Crippen LogP contribution in [0.3, 0.4) is 0 Å². The van der Waals surface area contributed by atoms with Crippen molar-refractivity contribution in [1.82, 2.24) is 5.32 Å². The summed E-state index contributed by atoms with van der Waals surface area (Å²) in [6.07, 6.45) is 0.216. The molecule has 1 atom stereocenters. The molecule has 0 spiro atoms. The van der Waals surface area contributed by atoms with Crippen molar-refractivity contribution in [2.24, 2.45) is 0 Å². The average Bonchev–Trinajstić information content (AvgIpc) is 2.73. The van der Waals surface area contributed by atoms with Crippen LogP contribution in [0.5, 0.6) is 5.75 Å². The lowest BCUT2D eigenvalue weighted by molar-refractivity contribution is 0.0993. The highest BCUT2D eigenvalue weighted by Gasteiger charge is 2.32. The van der Waals surface area contributed by atoms with E-state index in [2.05, 4.69) is 5.32 Å². The van der Waals surface area contributed by atoms with Crippen molar-refractivity contribution in [3.8, 4) is 5.75 Å². The van der Waals surface area contributed by atoms with Gasteiger partial charge in [-0.15, -0.1) is 0 Å². The zero-order valence-electron chi connectivity index (χ0n) is 14.5. The van der Waals surface area contributed by atoms with Crippen LogP contribution in [0.1, 0.15) is 27.0 Å². The first-order valence-corrected chi connectivity index (χ1v) is 9.62. The van der Waals surface area contributed by atoms with Gasteiger partial charge in [0.2, 0.25) is 0 Å². The summed E-state index contributed by atoms with van der Waals surface area (Å²) in [7, 11) is -2.08.